The highest BCUT2D eigenvalue weighted by atomic mass is 32.2. The molecule has 0 unspecified atom stereocenters. The van der Waals surface area contributed by atoms with Crippen LogP contribution >= 0.6 is 0 Å². The summed E-state index contributed by atoms with van der Waals surface area (Å²) in [6.45, 7) is 5.02. The van der Waals surface area contributed by atoms with Gasteiger partial charge in [0.15, 0.2) is 5.75 Å². The highest BCUT2D eigenvalue weighted by Gasteiger charge is 2.31. The van der Waals surface area contributed by atoms with E-state index in [-0.39, 0.29) is 27.6 Å². The van der Waals surface area contributed by atoms with Gasteiger partial charge in [0.1, 0.15) is 10.6 Å². The van der Waals surface area contributed by atoms with Crippen molar-refractivity contribution >= 4 is 21.7 Å². The maximum atomic E-state index is 13.2. The van der Waals surface area contributed by atoms with E-state index in [1.807, 2.05) is 18.7 Å². The quantitative estimate of drug-likeness (QED) is 0.381. The Labute approximate surface area is 204 Å². The van der Waals surface area contributed by atoms with Crippen molar-refractivity contribution in [2.24, 2.45) is 0 Å². The molecule has 0 fully saturated rings. The molecule has 0 bridgehead atoms. The Kier molecular flexibility index (Phi) is 9.56. The number of nitrogens with zero attached hydrogens (tertiary/aromatic N) is 2. The molecule has 11 heteroatoms. The first-order chi connectivity index (χ1) is 16.3. The standard InChI is InChI=1S/C24H31F3N2O5S/c1-5-7-13-29(14-8-6-2)20-15-17(23(30)31)16-21(35(32,33)28(3)4)22(20)34-19-11-9-18(10-12-19)24(25,26)27/h9-12,15-16H,5-8,13-14H2,1-4H3,(H,30,31). The number of carbonyl (C=O) groups is 1. The molecule has 0 aliphatic carbocycles. The molecule has 0 aliphatic rings. The molecule has 7 nitrogen and oxygen atoms in total. The van der Waals surface area contributed by atoms with Crippen molar-refractivity contribution in [1.29, 1.82) is 0 Å². The zero-order valence-electron chi connectivity index (χ0n) is 20.2. The predicted octanol–water partition coefficient (Wildman–Crippen LogP) is 5.85. The highest BCUT2D eigenvalue weighted by Crippen LogP contribution is 2.41. The van der Waals surface area contributed by atoms with Crippen LogP contribution in [0.3, 0.4) is 0 Å². The number of rotatable bonds is 12. The van der Waals surface area contributed by atoms with Crippen molar-refractivity contribution in [1.82, 2.24) is 4.31 Å². The van der Waals surface area contributed by atoms with E-state index in [0.717, 1.165) is 60.3 Å². The first-order valence-electron chi connectivity index (χ1n) is 11.3. The number of unbranched alkanes of at least 4 members (excludes halogenated alkanes) is 2. The van der Waals surface area contributed by atoms with Gasteiger partial charge in [0, 0.05) is 27.2 Å². The van der Waals surface area contributed by atoms with Crippen LogP contribution < -0.4 is 9.64 Å². The SMILES string of the molecule is CCCCN(CCCC)c1cc(C(=O)O)cc(S(=O)(=O)N(C)C)c1Oc1ccc(C(F)(F)F)cc1. The zero-order valence-corrected chi connectivity index (χ0v) is 21.0. The van der Waals surface area contributed by atoms with Crippen molar-refractivity contribution in [2.45, 2.75) is 50.6 Å². The number of ether oxygens (including phenoxy) is 1. The average Bonchev–Trinajstić information content (AvgIpc) is 2.78. The van der Waals surface area contributed by atoms with Crippen LogP contribution in [0.1, 0.15) is 55.5 Å². The number of aromatic carboxylic acids is 1. The number of anilines is 1. The van der Waals surface area contributed by atoms with E-state index in [2.05, 4.69) is 0 Å². The fraction of sp³-hybridized carbons (Fsp3) is 0.458. The largest absolute Gasteiger partial charge is 0.478 e. The number of benzene rings is 2. The molecule has 0 atom stereocenters. The lowest BCUT2D eigenvalue weighted by Gasteiger charge is -2.29. The van der Waals surface area contributed by atoms with Gasteiger partial charge < -0.3 is 14.7 Å². The minimum Gasteiger partial charge on any atom is -0.478 e. The van der Waals surface area contributed by atoms with Crippen molar-refractivity contribution < 1.29 is 36.2 Å². The van der Waals surface area contributed by atoms with E-state index in [1.165, 1.54) is 20.2 Å². The normalized spacial score (nSPS) is 12.1. The molecule has 0 aliphatic heterocycles. The Bertz CT molecular complexity index is 1110. The molecule has 194 valence electrons. The van der Waals surface area contributed by atoms with Crippen LogP contribution in [0, 0.1) is 0 Å². The predicted molar refractivity (Wildman–Crippen MR) is 128 cm³/mol. The maximum Gasteiger partial charge on any atom is 0.416 e. The van der Waals surface area contributed by atoms with Crippen molar-refractivity contribution in [3.63, 3.8) is 0 Å². The second-order valence-electron chi connectivity index (χ2n) is 8.23. The second-order valence-corrected chi connectivity index (χ2v) is 10.4. The first-order valence-corrected chi connectivity index (χ1v) is 12.7. The molecular weight excluding hydrogens is 485 g/mol. The summed E-state index contributed by atoms with van der Waals surface area (Å²) in [6, 6.07) is 6.25. The van der Waals surface area contributed by atoms with Gasteiger partial charge in [-0.1, -0.05) is 26.7 Å². The number of sulfonamides is 1. The fourth-order valence-corrected chi connectivity index (χ4v) is 4.37. The molecule has 0 saturated heterocycles. The van der Waals surface area contributed by atoms with E-state index >= 15 is 0 Å². The smallest absolute Gasteiger partial charge is 0.416 e. The minimum absolute atomic E-state index is 0.0107. The summed E-state index contributed by atoms with van der Waals surface area (Å²) in [6.07, 6.45) is -1.32. The van der Waals surface area contributed by atoms with Gasteiger partial charge in [-0.25, -0.2) is 17.5 Å². The van der Waals surface area contributed by atoms with Crippen molar-refractivity contribution in [3.05, 3.63) is 47.5 Å². The van der Waals surface area contributed by atoms with E-state index < -0.39 is 27.7 Å². The molecule has 0 amide bonds. The number of alkyl halides is 3. The summed E-state index contributed by atoms with van der Waals surface area (Å²) in [5, 5.41) is 9.69. The molecule has 1 N–H and O–H groups in total. The third-order valence-corrected chi connectivity index (χ3v) is 7.17. The van der Waals surface area contributed by atoms with Gasteiger partial charge in [-0.15, -0.1) is 0 Å². The molecule has 2 aromatic carbocycles. The Morgan fingerprint density at radius 2 is 1.54 bits per heavy atom. The Morgan fingerprint density at radius 1 is 1.00 bits per heavy atom. The monoisotopic (exact) mass is 516 g/mol. The van der Waals surface area contributed by atoms with Gasteiger partial charge >= 0.3 is 12.1 Å². The molecule has 0 radical (unpaired) electrons. The topological polar surface area (TPSA) is 87.2 Å². The van der Waals surface area contributed by atoms with Crippen LogP contribution in [-0.2, 0) is 16.2 Å². The van der Waals surface area contributed by atoms with Gasteiger partial charge in [-0.2, -0.15) is 13.2 Å². The summed E-state index contributed by atoms with van der Waals surface area (Å²) < 4.78 is 72.2. The van der Waals surface area contributed by atoms with Gasteiger partial charge in [0.2, 0.25) is 10.0 Å². The second kappa shape index (κ2) is 11.8. The summed E-state index contributed by atoms with van der Waals surface area (Å²) in [4.78, 5) is 13.4. The van der Waals surface area contributed by atoms with Crippen LogP contribution in [0.5, 0.6) is 11.5 Å². The van der Waals surface area contributed by atoms with E-state index in [1.54, 1.807) is 0 Å². The van der Waals surface area contributed by atoms with Crippen LogP contribution in [0.4, 0.5) is 18.9 Å². The number of hydrogen-bond donors (Lipinski definition) is 1. The number of carboxylic acids is 1. The lowest BCUT2D eigenvalue weighted by molar-refractivity contribution is -0.137. The third-order valence-electron chi connectivity index (χ3n) is 5.35. The number of carboxylic acid groups (broad SMARTS) is 1. The molecule has 0 saturated carbocycles. The van der Waals surface area contributed by atoms with Crippen LogP contribution in [0.25, 0.3) is 0 Å². The summed E-state index contributed by atoms with van der Waals surface area (Å²) in [7, 11) is -1.57. The molecule has 35 heavy (non-hydrogen) atoms. The highest BCUT2D eigenvalue weighted by molar-refractivity contribution is 7.89. The van der Waals surface area contributed by atoms with Crippen LogP contribution in [-0.4, -0.2) is 51.0 Å². The Hall–Kier alpha value is -2.79. The first kappa shape index (κ1) is 28.4. The summed E-state index contributed by atoms with van der Waals surface area (Å²) in [5.74, 6) is -1.45. The Balaban J connectivity index is 2.78. The molecule has 2 aromatic rings. The van der Waals surface area contributed by atoms with Crippen molar-refractivity contribution in [2.75, 3.05) is 32.1 Å². The van der Waals surface area contributed by atoms with Gasteiger partial charge in [-0.3, -0.25) is 0 Å². The average molecular weight is 517 g/mol. The van der Waals surface area contributed by atoms with Gasteiger partial charge in [-0.05, 0) is 49.2 Å². The van der Waals surface area contributed by atoms with Crippen LogP contribution in [0.15, 0.2) is 41.3 Å². The van der Waals surface area contributed by atoms with Crippen molar-refractivity contribution in [3.8, 4) is 11.5 Å². The van der Waals surface area contributed by atoms with Gasteiger partial charge in [0.05, 0.1) is 16.8 Å². The number of halogens is 3. The van der Waals surface area contributed by atoms with Gasteiger partial charge in [0.25, 0.3) is 0 Å². The molecule has 0 spiro atoms. The fourth-order valence-electron chi connectivity index (χ4n) is 3.32. The molecule has 2 rings (SSSR count). The van der Waals surface area contributed by atoms with E-state index in [0.29, 0.717) is 13.1 Å². The molecule has 0 heterocycles. The Morgan fingerprint density at radius 3 is 1.97 bits per heavy atom. The number of hydrogen-bond acceptors (Lipinski definition) is 5. The summed E-state index contributed by atoms with van der Waals surface area (Å²) >= 11 is 0. The maximum absolute atomic E-state index is 13.2. The lowest BCUT2D eigenvalue weighted by Crippen LogP contribution is -2.28. The molecular formula is C24H31F3N2O5S. The van der Waals surface area contributed by atoms with E-state index in [9.17, 15) is 31.5 Å². The minimum atomic E-state index is -4.54. The zero-order chi connectivity index (χ0) is 26.4. The lowest BCUT2D eigenvalue weighted by atomic mass is 10.1. The molecule has 0 aromatic heterocycles. The third kappa shape index (κ3) is 7.11. The van der Waals surface area contributed by atoms with E-state index in [4.69, 9.17) is 4.74 Å². The van der Waals surface area contributed by atoms with Crippen LogP contribution in [0.2, 0.25) is 0 Å². The summed E-state index contributed by atoms with van der Waals surface area (Å²) in [5.41, 5.74) is -0.856.